The molecule has 18 heavy (non-hydrogen) atoms. The minimum Gasteiger partial charge on any atom is -0.468 e. The van der Waals surface area contributed by atoms with Crippen molar-refractivity contribution in [2.45, 2.75) is 18.9 Å². The molecule has 0 aliphatic carbocycles. The van der Waals surface area contributed by atoms with Crippen molar-refractivity contribution in [1.29, 1.82) is 0 Å². The van der Waals surface area contributed by atoms with Crippen molar-refractivity contribution in [2.24, 2.45) is 0 Å². The summed E-state index contributed by atoms with van der Waals surface area (Å²) in [6.45, 7) is 3.60. The fourth-order valence-electron chi connectivity index (χ4n) is 2.50. The Hall–Kier alpha value is -1.14. The third-order valence-corrected chi connectivity index (χ3v) is 3.54. The van der Waals surface area contributed by atoms with Crippen molar-refractivity contribution in [3.8, 4) is 0 Å². The van der Waals surface area contributed by atoms with E-state index in [4.69, 9.17) is 9.47 Å². The molecule has 0 radical (unpaired) electrons. The maximum atomic E-state index is 12.1. The summed E-state index contributed by atoms with van der Waals surface area (Å²) in [5.74, 6) is -0.156. The van der Waals surface area contributed by atoms with Gasteiger partial charge in [-0.2, -0.15) is 0 Å². The minimum atomic E-state index is -0.250. The standard InChI is InChI=1S/C12H20N2O4/c1-17-12(16)10-3-2-4-14(10)9-11(15)13-5-7-18-8-6-13/h10H,2-9H2,1H3. The Morgan fingerprint density at radius 1 is 1.28 bits per heavy atom. The summed E-state index contributed by atoms with van der Waals surface area (Å²) in [5.41, 5.74) is 0. The molecule has 0 saturated carbocycles. The van der Waals surface area contributed by atoms with Crippen molar-refractivity contribution in [1.82, 2.24) is 9.80 Å². The van der Waals surface area contributed by atoms with E-state index in [9.17, 15) is 9.59 Å². The lowest BCUT2D eigenvalue weighted by atomic mass is 10.2. The van der Waals surface area contributed by atoms with E-state index in [-0.39, 0.29) is 17.9 Å². The van der Waals surface area contributed by atoms with Crippen LogP contribution in [0.5, 0.6) is 0 Å². The summed E-state index contributed by atoms with van der Waals surface area (Å²) in [6.07, 6.45) is 1.72. The molecule has 2 fully saturated rings. The Labute approximate surface area is 107 Å². The zero-order valence-electron chi connectivity index (χ0n) is 10.8. The Balaban J connectivity index is 1.87. The summed E-state index contributed by atoms with van der Waals surface area (Å²) in [6, 6.07) is -0.250. The number of nitrogens with zero attached hydrogens (tertiary/aromatic N) is 2. The van der Waals surface area contributed by atoms with Crippen LogP contribution in [-0.2, 0) is 19.1 Å². The normalized spacial score (nSPS) is 25.2. The lowest BCUT2D eigenvalue weighted by molar-refractivity contribution is -0.147. The number of esters is 1. The zero-order valence-corrected chi connectivity index (χ0v) is 10.8. The van der Waals surface area contributed by atoms with Crippen molar-refractivity contribution in [3.05, 3.63) is 0 Å². The lowest BCUT2D eigenvalue weighted by Crippen LogP contribution is -2.48. The average molecular weight is 256 g/mol. The number of methoxy groups -OCH3 is 1. The molecule has 2 aliphatic heterocycles. The monoisotopic (exact) mass is 256 g/mol. The Kier molecular flexibility index (Phi) is 4.54. The summed E-state index contributed by atoms with van der Waals surface area (Å²) in [4.78, 5) is 27.4. The van der Waals surface area contributed by atoms with Crippen LogP contribution in [0.15, 0.2) is 0 Å². The van der Waals surface area contributed by atoms with Crippen LogP contribution in [0, 0.1) is 0 Å². The fourth-order valence-corrected chi connectivity index (χ4v) is 2.50. The topological polar surface area (TPSA) is 59.1 Å². The lowest BCUT2D eigenvalue weighted by Gasteiger charge is -2.30. The molecule has 2 heterocycles. The van der Waals surface area contributed by atoms with Crippen LogP contribution >= 0.6 is 0 Å². The van der Waals surface area contributed by atoms with Crippen LogP contribution in [0.4, 0.5) is 0 Å². The van der Waals surface area contributed by atoms with Crippen LogP contribution in [0.3, 0.4) is 0 Å². The van der Waals surface area contributed by atoms with Crippen LogP contribution in [0.1, 0.15) is 12.8 Å². The maximum absolute atomic E-state index is 12.1. The van der Waals surface area contributed by atoms with E-state index in [0.29, 0.717) is 32.8 Å². The highest BCUT2D eigenvalue weighted by Crippen LogP contribution is 2.18. The first-order chi connectivity index (χ1) is 8.72. The molecule has 6 nitrogen and oxygen atoms in total. The van der Waals surface area contributed by atoms with E-state index in [2.05, 4.69) is 0 Å². The second-order valence-electron chi connectivity index (χ2n) is 4.64. The van der Waals surface area contributed by atoms with Crippen molar-refractivity contribution < 1.29 is 19.1 Å². The number of rotatable bonds is 3. The van der Waals surface area contributed by atoms with Gasteiger partial charge < -0.3 is 14.4 Å². The molecule has 0 aromatic rings. The summed E-state index contributed by atoms with van der Waals surface area (Å²) >= 11 is 0. The van der Waals surface area contributed by atoms with Gasteiger partial charge in [-0.3, -0.25) is 14.5 Å². The summed E-state index contributed by atoms with van der Waals surface area (Å²) in [7, 11) is 1.39. The van der Waals surface area contributed by atoms with Gasteiger partial charge in [0.2, 0.25) is 5.91 Å². The largest absolute Gasteiger partial charge is 0.468 e. The molecule has 2 aliphatic rings. The Bertz CT molecular complexity index is 315. The van der Waals surface area contributed by atoms with Crippen LogP contribution in [-0.4, -0.2) is 74.2 Å². The molecular formula is C12H20N2O4. The van der Waals surface area contributed by atoms with Gasteiger partial charge in [-0.15, -0.1) is 0 Å². The highest BCUT2D eigenvalue weighted by Gasteiger charge is 2.33. The third kappa shape index (κ3) is 3.00. The molecule has 0 bridgehead atoms. The molecule has 102 valence electrons. The second kappa shape index (κ2) is 6.15. The van der Waals surface area contributed by atoms with Crippen LogP contribution in [0.2, 0.25) is 0 Å². The molecule has 2 saturated heterocycles. The second-order valence-corrected chi connectivity index (χ2v) is 4.64. The van der Waals surface area contributed by atoms with E-state index in [1.165, 1.54) is 7.11 Å². The quantitative estimate of drug-likeness (QED) is 0.636. The predicted molar refractivity (Wildman–Crippen MR) is 64.0 cm³/mol. The molecule has 1 amide bonds. The van der Waals surface area contributed by atoms with E-state index in [1.54, 1.807) is 4.90 Å². The van der Waals surface area contributed by atoms with Gasteiger partial charge >= 0.3 is 5.97 Å². The van der Waals surface area contributed by atoms with Gasteiger partial charge in [0.15, 0.2) is 0 Å². The number of likely N-dealkylation sites (tertiary alicyclic amines) is 1. The molecule has 0 aromatic heterocycles. The van der Waals surface area contributed by atoms with Gasteiger partial charge in [0.25, 0.3) is 0 Å². The van der Waals surface area contributed by atoms with Gasteiger partial charge in [0, 0.05) is 13.1 Å². The Morgan fingerprint density at radius 2 is 2.00 bits per heavy atom. The molecule has 6 heteroatoms. The molecule has 1 atom stereocenters. The van der Waals surface area contributed by atoms with Crippen LogP contribution < -0.4 is 0 Å². The number of carbonyl (C=O) groups is 2. The van der Waals surface area contributed by atoms with Gasteiger partial charge in [0.1, 0.15) is 6.04 Å². The summed E-state index contributed by atoms with van der Waals surface area (Å²) in [5, 5.41) is 0. The van der Waals surface area contributed by atoms with E-state index < -0.39 is 0 Å². The fraction of sp³-hybridized carbons (Fsp3) is 0.833. The first kappa shape index (κ1) is 13.3. The van der Waals surface area contributed by atoms with Crippen LogP contribution in [0.25, 0.3) is 0 Å². The van der Waals surface area contributed by atoms with E-state index in [0.717, 1.165) is 19.4 Å². The first-order valence-corrected chi connectivity index (χ1v) is 6.40. The molecule has 2 rings (SSSR count). The Morgan fingerprint density at radius 3 is 2.67 bits per heavy atom. The molecule has 0 N–H and O–H groups in total. The van der Waals surface area contributed by atoms with E-state index in [1.807, 2.05) is 4.90 Å². The van der Waals surface area contributed by atoms with Crippen molar-refractivity contribution in [3.63, 3.8) is 0 Å². The highest BCUT2D eigenvalue weighted by atomic mass is 16.5. The number of ether oxygens (including phenoxy) is 2. The zero-order chi connectivity index (χ0) is 13.0. The number of hydrogen-bond donors (Lipinski definition) is 0. The van der Waals surface area contributed by atoms with Crippen molar-refractivity contribution in [2.75, 3.05) is 46.5 Å². The number of amides is 1. The van der Waals surface area contributed by atoms with Gasteiger partial charge in [0.05, 0.1) is 26.9 Å². The molecule has 0 aromatic carbocycles. The minimum absolute atomic E-state index is 0.0779. The SMILES string of the molecule is COC(=O)C1CCCN1CC(=O)N1CCOCC1. The number of morpholine rings is 1. The van der Waals surface area contributed by atoms with E-state index >= 15 is 0 Å². The molecule has 1 unspecified atom stereocenters. The predicted octanol–water partition coefficient (Wildman–Crippen LogP) is -0.517. The average Bonchev–Trinajstić information content (AvgIpc) is 2.87. The first-order valence-electron chi connectivity index (χ1n) is 6.40. The van der Waals surface area contributed by atoms with Crippen molar-refractivity contribution >= 4 is 11.9 Å². The smallest absolute Gasteiger partial charge is 0.323 e. The highest BCUT2D eigenvalue weighted by molar-refractivity contribution is 5.81. The van der Waals surface area contributed by atoms with Gasteiger partial charge in [-0.25, -0.2) is 0 Å². The maximum Gasteiger partial charge on any atom is 0.323 e. The van der Waals surface area contributed by atoms with Gasteiger partial charge in [-0.05, 0) is 19.4 Å². The third-order valence-electron chi connectivity index (χ3n) is 3.54. The number of carbonyl (C=O) groups excluding carboxylic acids is 2. The molecular weight excluding hydrogens is 236 g/mol. The van der Waals surface area contributed by atoms with Gasteiger partial charge in [-0.1, -0.05) is 0 Å². The summed E-state index contributed by atoms with van der Waals surface area (Å²) < 4.78 is 9.98. The number of hydrogen-bond acceptors (Lipinski definition) is 5. The molecule has 0 spiro atoms.